The first kappa shape index (κ1) is 24.2. The number of piperidine rings is 1. The van der Waals surface area contributed by atoms with Crippen LogP contribution in [0, 0.1) is 5.82 Å². The monoisotopic (exact) mass is 509 g/mol. The lowest BCUT2D eigenvalue weighted by molar-refractivity contribution is -0.130. The molecule has 1 N–H and O–H groups in total. The van der Waals surface area contributed by atoms with Gasteiger partial charge in [-0.25, -0.2) is 22.8 Å². The van der Waals surface area contributed by atoms with Gasteiger partial charge in [0, 0.05) is 49.9 Å². The van der Waals surface area contributed by atoms with Crippen molar-refractivity contribution < 1.29 is 17.6 Å². The largest absolute Gasteiger partial charge is 0.371 e. The number of anilines is 2. The summed E-state index contributed by atoms with van der Waals surface area (Å²) in [6.07, 6.45) is 6.89. The summed E-state index contributed by atoms with van der Waals surface area (Å²) in [4.78, 5) is 26.1. The van der Waals surface area contributed by atoms with Gasteiger partial charge in [-0.05, 0) is 43.0 Å². The SMILES string of the molecule is CS(=O)(=O)c1ccc(NC2CCN(C3CCN(c4ncc(-c5ccccc5)cn4)CC3)C2=O)c(F)c1. The highest BCUT2D eigenvalue weighted by molar-refractivity contribution is 7.90. The second kappa shape index (κ2) is 9.85. The molecule has 3 heterocycles. The molecule has 1 aromatic heterocycles. The van der Waals surface area contributed by atoms with Crippen molar-refractivity contribution in [2.45, 2.75) is 36.2 Å². The Bertz CT molecular complexity index is 1340. The molecule has 0 spiro atoms. The molecule has 188 valence electrons. The van der Waals surface area contributed by atoms with E-state index in [1.165, 1.54) is 12.1 Å². The number of hydrogen-bond donors (Lipinski definition) is 1. The fraction of sp³-hybridized carbons (Fsp3) is 0.346. The van der Waals surface area contributed by atoms with Crippen LogP contribution >= 0.6 is 0 Å². The number of halogens is 1. The first-order chi connectivity index (χ1) is 17.3. The third-order valence-corrected chi connectivity index (χ3v) is 7.98. The van der Waals surface area contributed by atoms with Crippen LogP contribution in [0.1, 0.15) is 19.3 Å². The molecule has 5 rings (SSSR count). The number of hydrogen-bond acceptors (Lipinski definition) is 7. The quantitative estimate of drug-likeness (QED) is 0.544. The predicted octanol–water partition coefficient (Wildman–Crippen LogP) is 3.37. The van der Waals surface area contributed by atoms with E-state index in [1.54, 1.807) is 0 Å². The number of nitrogens with one attached hydrogen (secondary N) is 1. The Labute approximate surface area is 210 Å². The maximum atomic E-state index is 14.5. The summed E-state index contributed by atoms with van der Waals surface area (Å²) < 4.78 is 37.7. The van der Waals surface area contributed by atoms with E-state index >= 15 is 0 Å². The first-order valence-electron chi connectivity index (χ1n) is 12.0. The highest BCUT2D eigenvalue weighted by Gasteiger charge is 2.37. The fourth-order valence-corrected chi connectivity index (χ4v) is 5.50. The van der Waals surface area contributed by atoms with Crippen LogP contribution < -0.4 is 10.2 Å². The van der Waals surface area contributed by atoms with Crippen molar-refractivity contribution in [1.82, 2.24) is 14.9 Å². The van der Waals surface area contributed by atoms with E-state index in [0.717, 1.165) is 49.4 Å². The lowest BCUT2D eigenvalue weighted by atomic mass is 10.0. The zero-order valence-corrected chi connectivity index (χ0v) is 20.8. The zero-order valence-electron chi connectivity index (χ0n) is 20.0. The molecule has 2 aliphatic rings. The van der Waals surface area contributed by atoms with E-state index in [0.29, 0.717) is 18.9 Å². The van der Waals surface area contributed by atoms with Crippen molar-refractivity contribution in [2.24, 2.45) is 0 Å². The normalized spacial score (nSPS) is 19.1. The second-order valence-electron chi connectivity index (χ2n) is 9.29. The number of sulfone groups is 1. The van der Waals surface area contributed by atoms with Gasteiger partial charge in [-0.2, -0.15) is 0 Å². The molecule has 8 nitrogen and oxygen atoms in total. The molecule has 1 atom stereocenters. The van der Waals surface area contributed by atoms with Crippen LogP contribution in [0.15, 0.2) is 65.8 Å². The van der Waals surface area contributed by atoms with Crippen LogP contribution in [0.2, 0.25) is 0 Å². The lowest BCUT2D eigenvalue weighted by Crippen LogP contribution is -2.47. The minimum atomic E-state index is -3.50. The average Bonchev–Trinajstić information content (AvgIpc) is 3.25. The van der Waals surface area contributed by atoms with Gasteiger partial charge in [-0.1, -0.05) is 30.3 Å². The van der Waals surface area contributed by atoms with E-state index in [9.17, 15) is 17.6 Å². The Morgan fingerprint density at radius 1 is 0.944 bits per heavy atom. The Hall–Kier alpha value is -3.53. The van der Waals surface area contributed by atoms with Gasteiger partial charge in [0.05, 0.1) is 10.6 Å². The number of nitrogens with zero attached hydrogens (tertiary/aromatic N) is 4. The Balaban J connectivity index is 1.17. The molecular formula is C26H28FN5O3S. The van der Waals surface area contributed by atoms with E-state index in [-0.39, 0.29) is 22.5 Å². The smallest absolute Gasteiger partial charge is 0.245 e. The standard InChI is InChI=1S/C26H28FN5O3S/c1-36(34,35)21-7-8-23(22(27)15-21)30-24-11-14-32(25(24)33)20-9-12-31(13-10-20)26-28-16-19(17-29-26)18-5-3-2-4-6-18/h2-8,15-17,20,24,30H,9-14H2,1H3. The number of carbonyl (C=O) groups is 1. The summed E-state index contributed by atoms with van der Waals surface area (Å²) >= 11 is 0. The maximum absolute atomic E-state index is 14.5. The molecule has 3 aromatic rings. The van der Waals surface area contributed by atoms with Gasteiger partial charge in [0.25, 0.3) is 0 Å². The lowest BCUT2D eigenvalue weighted by Gasteiger charge is -2.36. The van der Waals surface area contributed by atoms with Crippen molar-refractivity contribution in [3.05, 3.63) is 66.7 Å². The van der Waals surface area contributed by atoms with Crippen LogP contribution in [0.5, 0.6) is 0 Å². The Kier molecular flexibility index (Phi) is 6.61. The third-order valence-electron chi connectivity index (χ3n) is 6.87. The third kappa shape index (κ3) is 5.04. The predicted molar refractivity (Wildman–Crippen MR) is 136 cm³/mol. The highest BCUT2D eigenvalue weighted by Crippen LogP contribution is 2.28. The van der Waals surface area contributed by atoms with Gasteiger partial charge in [-0.3, -0.25) is 4.79 Å². The average molecular weight is 510 g/mol. The molecule has 0 saturated carbocycles. The minimum Gasteiger partial charge on any atom is -0.371 e. The number of benzene rings is 2. The van der Waals surface area contributed by atoms with Crippen LogP contribution in [-0.4, -0.2) is 67.2 Å². The summed E-state index contributed by atoms with van der Waals surface area (Å²) in [5.74, 6) is -0.0484. The first-order valence-corrected chi connectivity index (χ1v) is 13.9. The van der Waals surface area contributed by atoms with Crippen LogP contribution in [0.4, 0.5) is 16.0 Å². The number of likely N-dealkylation sites (tertiary alicyclic amines) is 1. The number of carbonyl (C=O) groups excluding carboxylic acids is 1. The van der Waals surface area contributed by atoms with E-state index in [4.69, 9.17) is 0 Å². The van der Waals surface area contributed by atoms with Crippen LogP contribution in [0.25, 0.3) is 11.1 Å². The topological polar surface area (TPSA) is 95.5 Å². The van der Waals surface area contributed by atoms with Gasteiger partial charge >= 0.3 is 0 Å². The summed E-state index contributed by atoms with van der Waals surface area (Å²) in [7, 11) is -3.50. The van der Waals surface area contributed by atoms with Gasteiger partial charge in [0.15, 0.2) is 9.84 Å². The van der Waals surface area contributed by atoms with Crippen LogP contribution in [0.3, 0.4) is 0 Å². The van der Waals surface area contributed by atoms with Crippen molar-refractivity contribution in [2.75, 3.05) is 36.1 Å². The zero-order chi connectivity index (χ0) is 25.3. The molecule has 2 aliphatic heterocycles. The minimum absolute atomic E-state index is 0.0523. The number of amides is 1. The summed E-state index contributed by atoms with van der Waals surface area (Å²) in [5.41, 5.74) is 2.18. The maximum Gasteiger partial charge on any atom is 0.245 e. The van der Waals surface area contributed by atoms with Crippen LogP contribution in [-0.2, 0) is 14.6 Å². The van der Waals surface area contributed by atoms with E-state index in [1.807, 2.05) is 47.6 Å². The number of aromatic nitrogens is 2. The number of rotatable bonds is 6. The van der Waals surface area contributed by atoms with Gasteiger partial charge < -0.3 is 15.1 Å². The van der Waals surface area contributed by atoms with E-state index < -0.39 is 21.7 Å². The van der Waals surface area contributed by atoms with Crippen molar-refractivity contribution >= 4 is 27.4 Å². The molecule has 1 amide bonds. The van der Waals surface area contributed by atoms with Crippen molar-refractivity contribution in [1.29, 1.82) is 0 Å². The molecule has 2 fully saturated rings. The van der Waals surface area contributed by atoms with Crippen molar-refractivity contribution in [3.63, 3.8) is 0 Å². The summed E-state index contributed by atoms with van der Waals surface area (Å²) in [6, 6.07) is 13.3. The van der Waals surface area contributed by atoms with E-state index in [2.05, 4.69) is 20.2 Å². The Morgan fingerprint density at radius 2 is 1.64 bits per heavy atom. The fourth-order valence-electron chi connectivity index (χ4n) is 4.87. The van der Waals surface area contributed by atoms with Gasteiger partial charge in [0.1, 0.15) is 11.9 Å². The molecular weight excluding hydrogens is 481 g/mol. The second-order valence-corrected chi connectivity index (χ2v) is 11.3. The summed E-state index contributed by atoms with van der Waals surface area (Å²) in [5, 5.41) is 2.97. The molecule has 10 heteroatoms. The molecule has 0 aliphatic carbocycles. The van der Waals surface area contributed by atoms with Gasteiger partial charge in [0.2, 0.25) is 11.9 Å². The molecule has 1 unspecified atom stereocenters. The Morgan fingerprint density at radius 3 is 2.28 bits per heavy atom. The van der Waals surface area contributed by atoms with Crippen molar-refractivity contribution in [3.8, 4) is 11.1 Å². The highest BCUT2D eigenvalue weighted by atomic mass is 32.2. The molecule has 0 bridgehead atoms. The molecule has 2 saturated heterocycles. The molecule has 36 heavy (non-hydrogen) atoms. The molecule has 2 aromatic carbocycles. The summed E-state index contributed by atoms with van der Waals surface area (Å²) in [6.45, 7) is 2.10. The van der Waals surface area contributed by atoms with Gasteiger partial charge in [-0.15, -0.1) is 0 Å². The molecule has 0 radical (unpaired) electrons.